The Morgan fingerprint density at radius 1 is 0.857 bits per heavy atom. The summed E-state index contributed by atoms with van der Waals surface area (Å²) in [6.07, 6.45) is 1.68. The van der Waals surface area contributed by atoms with Gasteiger partial charge >= 0.3 is 0 Å². The SMILES string of the molecule is O=c1c(NCc2ccccn2)c(Nc2ccccc2)c1=O. The summed E-state index contributed by atoms with van der Waals surface area (Å²) in [5.74, 6) is 0. The summed E-state index contributed by atoms with van der Waals surface area (Å²) in [5.41, 5.74) is 1.20. The van der Waals surface area contributed by atoms with Crippen LogP contribution < -0.4 is 21.5 Å². The first-order chi connectivity index (χ1) is 10.3. The molecule has 2 aromatic carbocycles. The van der Waals surface area contributed by atoms with Gasteiger partial charge in [-0.15, -0.1) is 0 Å². The van der Waals surface area contributed by atoms with Gasteiger partial charge < -0.3 is 10.6 Å². The third-order valence-electron chi connectivity index (χ3n) is 3.13. The molecule has 104 valence electrons. The first-order valence-corrected chi connectivity index (χ1v) is 6.55. The Morgan fingerprint density at radius 3 is 2.29 bits per heavy atom. The molecule has 0 unspecified atom stereocenters. The molecule has 5 heteroatoms. The molecule has 0 aliphatic rings. The fourth-order valence-corrected chi connectivity index (χ4v) is 2.03. The Bertz CT molecular complexity index is 807. The van der Waals surface area contributed by atoms with Crippen LogP contribution in [0, 0.1) is 0 Å². The number of pyridine rings is 1. The summed E-state index contributed by atoms with van der Waals surface area (Å²) in [7, 11) is 0. The molecule has 0 atom stereocenters. The van der Waals surface area contributed by atoms with Crippen molar-refractivity contribution in [1.82, 2.24) is 4.98 Å². The standard InChI is InChI=1S/C16H13N3O2/c20-15-13(18-10-12-8-4-5-9-17-12)14(16(15)21)19-11-6-2-1-3-7-11/h1-9,18-19H,10H2. The average molecular weight is 279 g/mol. The van der Waals surface area contributed by atoms with Gasteiger partial charge in [0.2, 0.25) is 0 Å². The van der Waals surface area contributed by atoms with Crippen LogP contribution in [0.1, 0.15) is 5.69 Å². The molecule has 0 aliphatic carbocycles. The van der Waals surface area contributed by atoms with Crippen molar-refractivity contribution in [2.45, 2.75) is 6.54 Å². The van der Waals surface area contributed by atoms with E-state index in [1.54, 1.807) is 6.20 Å². The van der Waals surface area contributed by atoms with E-state index in [1.807, 2.05) is 48.5 Å². The van der Waals surface area contributed by atoms with Gasteiger partial charge in [-0.1, -0.05) is 24.3 Å². The predicted octanol–water partition coefficient (Wildman–Crippen LogP) is 2.03. The van der Waals surface area contributed by atoms with Gasteiger partial charge in [0.25, 0.3) is 10.9 Å². The molecular formula is C16H13N3O2. The molecule has 3 aromatic rings. The van der Waals surface area contributed by atoms with Gasteiger partial charge in [0, 0.05) is 11.9 Å². The second kappa shape index (κ2) is 5.58. The Labute approximate surface area is 121 Å². The number of benzene rings is 1. The van der Waals surface area contributed by atoms with Crippen LogP contribution >= 0.6 is 0 Å². The molecule has 0 radical (unpaired) electrons. The lowest BCUT2D eigenvalue weighted by Gasteiger charge is -2.14. The molecule has 0 saturated carbocycles. The molecule has 2 N–H and O–H groups in total. The van der Waals surface area contributed by atoms with E-state index in [2.05, 4.69) is 15.6 Å². The van der Waals surface area contributed by atoms with Crippen LogP contribution in [-0.4, -0.2) is 4.98 Å². The highest BCUT2D eigenvalue weighted by molar-refractivity contribution is 5.78. The van der Waals surface area contributed by atoms with Crippen molar-refractivity contribution >= 4 is 17.1 Å². The Kier molecular flexibility index (Phi) is 3.47. The molecule has 0 saturated heterocycles. The zero-order chi connectivity index (χ0) is 14.7. The Hall–Kier alpha value is -2.95. The van der Waals surface area contributed by atoms with Crippen molar-refractivity contribution in [2.24, 2.45) is 0 Å². The third-order valence-corrected chi connectivity index (χ3v) is 3.13. The van der Waals surface area contributed by atoms with Crippen molar-refractivity contribution in [2.75, 3.05) is 10.6 Å². The first kappa shape index (κ1) is 13.1. The highest BCUT2D eigenvalue weighted by Crippen LogP contribution is 2.20. The molecule has 0 spiro atoms. The van der Waals surface area contributed by atoms with Crippen molar-refractivity contribution in [3.05, 3.63) is 80.9 Å². The molecule has 0 aliphatic heterocycles. The maximum absolute atomic E-state index is 11.7. The van der Waals surface area contributed by atoms with Crippen LogP contribution in [-0.2, 0) is 6.54 Å². The molecule has 21 heavy (non-hydrogen) atoms. The number of aromatic nitrogens is 1. The molecule has 1 heterocycles. The Balaban J connectivity index is 1.76. The number of hydrogen-bond donors (Lipinski definition) is 2. The van der Waals surface area contributed by atoms with Crippen molar-refractivity contribution in [3.63, 3.8) is 0 Å². The highest BCUT2D eigenvalue weighted by Gasteiger charge is 2.20. The normalized spacial score (nSPS) is 10.5. The van der Waals surface area contributed by atoms with E-state index < -0.39 is 10.9 Å². The number of rotatable bonds is 5. The molecule has 0 fully saturated rings. The zero-order valence-electron chi connectivity index (χ0n) is 11.2. The van der Waals surface area contributed by atoms with E-state index in [4.69, 9.17) is 0 Å². The summed E-state index contributed by atoms with van der Waals surface area (Å²) >= 11 is 0. The molecular weight excluding hydrogens is 266 g/mol. The summed E-state index contributed by atoms with van der Waals surface area (Å²) < 4.78 is 0. The number of nitrogens with one attached hydrogen (secondary N) is 2. The lowest BCUT2D eigenvalue weighted by Crippen LogP contribution is -2.36. The van der Waals surface area contributed by atoms with Crippen LogP contribution in [0.2, 0.25) is 0 Å². The summed E-state index contributed by atoms with van der Waals surface area (Å²) in [4.78, 5) is 27.5. The van der Waals surface area contributed by atoms with Gasteiger partial charge in [0.15, 0.2) is 0 Å². The summed E-state index contributed by atoms with van der Waals surface area (Å²) in [6, 6.07) is 14.8. The lowest BCUT2D eigenvalue weighted by molar-refractivity contribution is 1.04. The van der Waals surface area contributed by atoms with E-state index in [-0.39, 0.29) is 0 Å². The highest BCUT2D eigenvalue weighted by atomic mass is 16.2. The Morgan fingerprint density at radius 2 is 1.57 bits per heavy atom. The maximum atomic E-state index is 11.7. The van der Waals surface area contributed by atoms with E-state index in [9.17, 15) is 9.59 Å². The van der Waals surface area contributed by atoms with Crippen LogP contribution in [0.25, 0.3) is 0 Å². The minimum Gasteiger partial charge on any atom is -0.374 e. The number of hydrogen-bond acceptors (Lipinski definition) is 5. The fourth-order valence-electron chi connectivity index (χ4n) is 2.03. The van der Waals surface area contributed by atoms with Crippen molar-refractivity contribution < 1.29 is 0 Å². The smallest absolute Gasteiger partial charge is 0.253 e. The van der Waals surface area contributed by atoms with E-state index in [0.29, 0.717) is 17.9 Å². The van der Waals surface area contributed by atoms with Crippen LogP contribution in [0.4, 0.5) is 17.1 Å². The zero-order valence-corrected chi connectivity index (χ0v) is 11.2. The molecule has 3 rings (SSSR count). The van der Waals surface area contributed by atoms with Gasteiger partial charge in [-0.05, 0) is 24.3 Å². The average Bonchev–Trinajstić information content (AvgIpc) is 2.55. The quantitative estimate of drug-likeness (QED) is 0.699. The number of nitrogens with zero attached hydrogens (tertiary/aromatic N) is 1. The molecule has 0 amide bonds. The molecule has 0 bridgehead atoms. The summed E-state index contributed by atoms with van der Waals surface area (Å²) in [5, 5.41) is 5.94. The van der Waals surface area contributed by atoms with Crippen molar-refractivity contribution in [1.29, 1.82) is 0 Å². The van der Waals surface area contributed by atoms with Gasteiger partial charge in [-0.25, -0.2) is 0 Å². The second-order valence-corrected chi connectivity index (χ2v) is 4.57. The second-order valence-electron chi connectivity index (χ2n) is 4.57. The van der Waals surface area contributed by atoms with Crippen LogP contribution in [0.5, 0.6) is 0 Å². The van der Waals surface area contributed by atoms with Crippen molar-refractivity contribution in [3.8, 4) is 0 Å². The van der Waals surface area contributed by atoms with Crippen LogP contribution in [0.15, 0.2) is 64.3 Å². The fraction of sp³-hybridized carbons (Fsp3) is 0.0625. The molecule has 5 nitrogen and oxygen atoms in total. The minimum absolute atomic E-state index is 0.308. The van der Waals surface area contributed by atoms with Gasteiger partial charge in [0.05, 0.1) is 12.2 Å². The van der Waals surface area contributed by atoms with Gasteiger partial charge in [-0.2, -0.15) is 0 Å². The number of para-hydroxylation sites is 1. The maximum Gasteiger partial charge on any atom is 0.253 e. The number of anilines is 3. The predicted molar refractivity (Wildman–Crippen MR) is 82.6 cm³/mol. The van der Waals surface area contributed by atoms with E-state index in [0.717, 1.165) is 11.4 Å². The van der Waals surface area contributed by atoms with Crippen LogP contribution in [0.3, 0.4) is 0 Å². The topological polar surface area (TPSA) is 71.1 Å². The monoisotopic (exact) mass is 279 g/mol. The largest absolute Gasteiger partial charge is 0.374 e. The van der Waals surface area contributed by atoms with Gasteiger partial charge in [-0.3, -0.25) is 14.6 Å². The third kappa shape index (κ3) is 2.67. The lowest BCUT2D eigenvalue weighted by atomic mass is 10.1. The van der Waals surface area contributed by atoms with E-state index in [1.165, 1.54) is 0 Å². The first-order valence-electron chi connectivity index (χ1n) is 6.55. The minimum atomic E-state index is -0.498. The summed E-state index contributed by atoms with van der Waals surface area (Å²) in [6.45, 7) is 0.398. The van der Waals surface area contributed by atoms with Gasteiger partial charge in [0.1, 0.15) is 11.4 Å². The molecule has 1 aromatic heterocycles. The van der Waals surface area contributed by atoms with E-state index >= 15 is 0 Å².